The molecule has 100 valence electrons. The second kappa shape index (κ2) is 6.91. The van der Waals surface area contributed by atoms with Gasteiger partial charge >= 0.3 is 0 Å². The van der Waals surface area contributed by atoms with E-state index in [1.165, 1.54) is 24.8 Å². The molecule has 0 amide bonds. The van der Waals surface area contributed by atoms with E-state index < -0.39 is 0 Å². The van der Waals surface area contributed by atoms with Crippen LogP contribution in [-0.2, 0) is 4.74 Å². The van der Waals surface area contributed by atoms with Crippen LogP contribution in [0.25, 0.3) is 0 Å². The van der Waals surface area contributed by atoms with Crippen molar-refractivity contribution in [3.63, 3.8) is 0 Å². The van der Waals surface area contributed by atoms with E-state index in [1.807, 2.05) is 0 Å². The Morgan fingerprint density at radius 1 is 1.28 bits per heavy atom. The molecule has 1 aliphatic heterocycles. The SMILES string of the molecule is CC(C)CC(NCC1CCCO1)c1ccccc1. The molecule has 2 rings (SSSR count). The number of rotatable bonds is 6. The first-order valence-electron chi connectivity index (χ1n) is 7.15. The van der Waals surface area contributed by atoms with Gasteiger partial charge in [-0.25, -0.2) is 0 Å². The first kappa shape index (κ1) is 13.6. The molecular formula is C16H25NO. The van der Waals surface area contributed by atoms with Crippen LogP contribution in [0, 0.1) is 5.92 Å². The van der Waals surface area contributed by atoms with Crippen molar-refractivity contribution in [3.8, 4) is 0 Å². The monoisotopic (exact) mass is 247 g/mol. The van der Waals surface area contributed by atoms with Gasteiger partial charge in [0.15, 0.2) is 0 Å². The second-order valence-corrected chi connectivity index (χ2v) is 5.64. The van der Waals surface area contributed by atoms with E-state index in [0.29, 0.717) is 18.1 Å². The van der Waals surface area contributed by atoms with Gasteiger partial charge in [0.2, 0.25) is 0 Å². The second-order valence-electron chi connectivity index (χ2n) is 5.64. The molecular weight excluding hydrogens is 222 g/mol. The lowest BCUT2D eigenvalue weighted by Gasteiger charge is -2.23. The Morgan fingerprint density at radius 3 is 2.67 bits per heavy atom. The molecule has 0 radical (unpaired) electrons. The summed E-state index contributed by atoms with van der Waals surface area (Å²) in [7, 11) is 0. The summed E-state index contributed by atoms with van der Waals surface area (Å²) in [5.74, 6) is 0.701. The zero-order chi connectivity index (χ0) is 12.8. The third kappa shape index (κ3) is 4.11. The van der Waals surface area contributed by atoms with Gasteiger partial charge in [-0.2, -0.15) is 0 Å². The van der Waals surface area contributed by atoms with Gasteiger partial charge in [0.1, 0.15) is 0 Å². The molecule has 2 heteroatoms. The molecule has 0 aliphatic carbocycles. The Bertz CT molecular complexity index is 330. The lowest BCUT2D eigenvalue weighted by atomic mass is 9.97. The summed E-state index contributed by atoms with van der Waals surface area (Å²) in [5, 5.41) is 3.68. The zero-order valence-corrected chi connectivity index (χ0v) is 11.6. The molecule has 1 aromatic carbocycles. The first-order chi connectivity index (χ1) is 8.75. The van der Waals surface area contributed by atoms with Gasteiger partial charge in [-0.1, -0.05) is 44.2 Å². The topological polar surface area (TPSA) is 21.3 Å². The maximum absolute atomic E-state index is 5.68. The average Bonchev–Trinajstić information content (AvgIpc) is 2.88. The van der Waals surface area contributed by atoms with E-state index in [2.05, 4.69) is 49.5 Å². The fourth-order valence-electron chi connectivity index (χ4n) is 2.57. The summed E-state index contributed by atoms with van der Waals surface area (Å²) in [5.41, 5.74) is 1.39. The highest BCUT2D eigenvalue weighted by atomic mass is 16.5. The van der Waals surface area contributed by atoms with Gasteiger partial charge in [0.25, 0.3) is 0 Å². The van der Waals surface area contributed by atoms with Crippen LogP contribution >= 0.6 is 0 Å². The van der Waals surface area contributed by atoms with E-state index in [0.717, 1.165) is 13.2 Å². The molecule has 18 heavy (non-hydrogen) atoms. The molecule has 2 atom stereocenters. The molecule has 0 spiro atoms. The van der Waals surface area contributed by atoms with Crippen molar-refractivity contribution in [1.82, 2.24) is 5.32 Å². The van der Waals surface area contributed by atoms with Gasteiger partial charge in [-0.05, 0) is 30.7 Å². The predicted octanol–water partition coefficient (Wildman–Crippen LogP) is 3.54. The van der Waals surface area contributed by atoms with E-state index in [9.17, 15) is 0 Å². The lowest BCUT2D eigenvalue weighted by Crippen LogP contribution is -2.30. The summed E-state index contributed by atoms with van der Waals surface area (Å²) in [6.07, 6.45) is 4.02. The smallest absolute Gasteiger partial charge is 0.0700 e. The minimum atomic E-state index is 0.420. The molecule has 1 heterocycles. The maximum Gasteiger partial charge on any atom is 0.0700 e. The first-order valence-corrected chi connectivity index (χ1v) is 7.15. The van der Waals surface area contributed by atoms with Crippen LogP contribution in [0.3, 0.4) is 0 Å². The van der Waals surface area contributed by atoms with E-state index >= 15 is 0 Å². The van der Waals surface area contributed by atoms with Crippen molar-refractivity contribution >= 4 is 0 Å². The highest BCUT2D eigenvalue weighted by Gasteiger charge is 2.18. The van der Waals surface area contributed by atoms with Crippen molar-refractivity contribution in [2.24, 2.45) is 5.92 Å². The van der Waals surface area contributed by atoms with E-state index in [4.69, 9.17) is 4.74 Å². The number of benzene rings is 1. The highest BCUT2D eigenvalue weighted by Crippen LogP contribution is 2.22. The van der Waals surface area contributed by atoms with Crippen LogP contribution in [0.4, 0.5) is 0 Å². The number of nitrogens with one attached hydrogen (secondary N) is 1. The highest BCUT2D eigenvalue weighted by molar-refractivity contribution is 5.18. The summed E-state index contributed by atoms with van der Waals surface area (Å²) >= 11 is 0. The van der Waals surface area contributed by atoms with Gasteiger partial charge < -0.3 is 10.1 Å². The standard InChI is InChI=1S/C16H25NO/c1-13(2)11-16(14-7-4-3-5-8-14)17-12-15-9-6-10-18-15/h3-5,7-8,13,15-17H,6,9-12H2,1-2H3. The minimum Gasteiger partial charge on any atom is -0.377 e. The fraction of sp³-hybridized carbons (Fsp3) is 0.625. The third-order valence-corrected chi connectivity index (χ3v) is 3.52. The summed E-state index contributed by atoms with van der Waals surface area (Å²) in [6.45, 7) is 6.48. The number of hydrogen-bond donors (Lipinski definition) is 1. The normalized spacial score (nSPS) is 21.4. The molecule has 1 aromatic rings. The molecule has 1 N–H and O–H groups in total. The quantitative estimate of drug-likeness (QED) is 0.830. The van der Waals surface area contributed by atoms with Crippen LogP contribution in [0.15, 0.2) is 30.3 Å². The van der Waals surface area contributed by atoms with Gasteiger partial charge in [-0.3, -0.25) is 0 Å². The molecule has 0 aromatic heterocycles. The molecule has 0 bridgehead atoms. The number of hydrogen-bond acceptors (Lipinski definition) is 2. The van der Waals surface area contributed by atoms with Crippen LogP contribution in [0.1, 0.15) is 44.7 Å². The number of ether oxygens (including phenoxy) is 1. The summed E-state index contributed by atoms with van der Waals surface area (Å²) < 4.78 is 5.68. The molecule has 2 unspecified atom stereocenters. The van der Waals surface area contributed by atoms with Crippen LogP contribution < -0.4 is 5.32 Å². The zero-order valence-electron chi connectivity index (χ0n) is 11.6. The minimum absolute atomic E-state index is 0.420. The Labute approximate surface area is 111 Å². The predicted molar refractivity (Wildman–Crippen MR) is 75.6 cm³/mol. The molecule has 2 nitrogen and oxygen atoms in total. The van der Waals surface area contributed by atoms with Crippen molar-refractivity contribution in [1.29, 1.82) is 0 Å². The maximum atomic E-state index is 5.68. The van der Waals surface area contributed by atoms with Gasteiger partial charge in [0, 0.05) is 19.2 Å². The van der Waals surface area contributed by atoms with E-state index in [-0.39, 0.29) is 0 Å². The Morgan fingerprint density at radius 2 is 2.06 bits per heavy atom. The fourth-order valence-corrected chi connectivity index (χ4v) is 2.57. The van der Waals surface area contributed by atoms with Crippen molar-refractivity contribution < 1.29 is 4.74 Å². The van der Waals surface area contributed by atoms with Gasteiger partial charge in [-0.15, -0.1) is 0 Å². The van der Waals surface area contributed by atoms with Gasteiger partial charge in [0.05, 0.1) is 6.10 Å². The summed E-state index contributed by atoms with van der Waals surface area (Å²) in [4.78, 5) is 0. The summed E-state index contributed by atoms with van der Waals surface area (Å²) in [6, 6.07) is 11.2. The Hall–Kier alpha value is -0.860. The van der Waals surface area contributed by atoms with Crippen molar-refractivity contribution in [3.05, 3.63) is 35.9 Å². The van der Waals surface area contributed by atoms with Crippen LogP contribution in [0.5, 0.6) is 0 Å². The molecule has 0 saturated carbocycles. The molecule has 1 fully saturated rings. The Balaban J connectivity index is 1.92. The third-order valence-electron chi connectivity index (χ3n) is 3.52. The average molecular weight is 247 g/mol. The molecule has 1 aliphatic rings. The molecule has 1 saturated heterocycles. The van der Waals surface area contributed by atoms with Crippen LogP contribution in [-0.4, -0.2) is 19.3 Å². The lowest BCUT2D eigenvalue weighted by molar-refractivity contribution is 0.106. The largest absolute Gasteiger partial charge is 0.377 e. The van der Waals surface area contributed by atoms with E-state index in [1.54, 1.807) is 0 Å². The van der Waals surface area contributed by atoms with Crippen molar-refractivity contribution in [2.45, 2.75) is 45.3 Å². The van der Waals surface area contributed by atoms with Crippen molar-refractivity contribution in [2.75, 3.05) is 13.2 Å². The Kier molecular flexibility index (Phi) is 5.21. The van der Waals surface area contributed by atoms with Crippen LogP contribution in [0.2, 0.25) is 0 Å².